The summed E-state index contributed by atoms with van der Waals surface area (Å²) in [7, 11) is 0. The van der Waals surface area contributed by atoms with E-state index < -0.39 is 0 Å². The van der Waals surface area contributed by atoms with E-state index in [-0.39, 0.29) is 12.1 Å². The molecule has 0 bridgehead atoms. The smallest absolute Gasteiger partial charge is 0.0610 e. The molecule has 1 unspecified atom stereocenters. The first kappa shape index (κ1) is 16.2. The lowest BCUT2D eigenvalue weighted by Crippen LogP contribution is -2.46. The number of hydrogen-bond acceptors (Lipinski definition) is 3. The molecule has 0 spiro atoms. The quantitative estimate of drug-likeness (QED) is 0.679. The standard InChI is InChI=1S/C16H24ClNOS/c1-16(12-19,18-15-7-8-15)9-2-10-20-11-13-3-5-14(17)6-4-13/h3-6,15,18-19H,2,7-12H2,1H3. The molecule has 1 fully saturated rings. The molecule has 0 saturated heterocycles. The molecule has 0 aromatic heterocycles. The van der Waals surface area contributed by atoms with Gasteiger partial charge in [0.05, 0.1) is 6.61 Å². The number of benzene rings is 1. The first-order valence-electron chi connectivity index (χ1n) is 7.32. The van der Waals surface area contributed by atoms with Gasteiger partial charge in [-0.2, -0.15) is 11.8 Å². The minimum atomic E-state index is -0.0952. The van der Waals surface area contributed by atoms with Gasteiger partial charge in [-0.05, 0) is 56.1 Å². The van der Waals surface area contributed by atoms with Crippen LogP contribution in [0.2, 0.25) is 5.02 Å². The molecular weight excluding hydrogens is 290 g/mol. The number of aliphatic hydroxyl groups excluding tert-OH is 1. The van der Waals surface area contributed by atoms with E-state index in [0.29, 0.717) is 6.04 Å². The molecule has 2 nitrogen and oxygen atoms in total. The summed E-state index contributed by atoms with van der Waals surface area (Å²) in [6.07, 6.45) is 4.70. The summed E-state index contributed by atoms with van der Waals surface area (Å²) in [6, 6.07) is 8.71. The summed E-state index contributed by atoms with van der Waals surface area (Å²) in [6.45, 7) is 2.36. The summed E-state index contributed by atoms with van der Waals surface area (Å²) in [5, 5.41) is 13.9. The lowest BCUT2D eigenvalue weighted by molar-refractivity contribution is 0.163. The zero-order chi connectivity index (χ0) is 14.4. The highest BCUT2D eigenvalue weighted by Gasteiger charge is 2.31. The van der Waals surface area contributed by atoms with Crippen molar-refractivity contribution in [3.63, 3.8) is 0 Å². The molecule has 1 atom stereocenters. The third kappa shape index (κ3) is 5.65. The number of nitrogens with one attached hydrogen (secondary N) is 1. The van der Waals surface area contributed by atoms with Crippen LogP contribution in [-0.4, -0.2) is 29.0 Å². The molecule has 0 heterocycles. The van der Waals surface area contributed by atoms with Crippen molar-refractivity contribution in [3.8, 4) is 0 Å². The zero-order valence-electron chi connectivity index (χ0n) is 12.1. The largest absolute Gasteiger partial charge is 0.394 e. The van der Waals surface area contributed by atoms with Crippen molar-refractivity contribution in [2.24, 2.45) is 0 Å². The Morgan fingerprint density at radius 3 is 2.65 bits per heavy atom. The van der Waals surface area contributed by atoms with Gasteiger partial charge in [0.15, 0.2) is 0 Å². The normalized spacial score (nSPS) is 17.9. The molecule has 1 aromatic carbocycles. The number of hydrogen-bond donors (Lipinski definition) is 2. The van der Waals surface area contributed by atoms with Gasteiger partial charge in [0.1, 0.15) is 0 Å². The highest BCUT2D eigenvalue weighted by Crippen LogP contribution is 2.25. The predicted octanol–water partition coefficient (Wildman–Crippen LogP) is 3.86. The first-order valence-corrected chi connectivity index (χ1v) is 8.85. The Labute approximate surface area is 131 Å². The number of thioether (sulfide) groups is 1. The number of rotatable bonds is 9. The van der Waals surface area contributed by atoms with Gasteiger partial charge in [-0.3, -0.25) is 0 Å². The molecule has 2 rings (SSSR count). The summed E-state index contributed by atoms with van der Waals surface area (Å²) in [4.78, 5) is 0. The van der Waals surface area contributed by atoms with Gasteiger partial charge in [0, 0.05) is 22.4 Å². The third-order valence-electron chi connectivity index (χ3n) is 3.68. The maximum absolute atomic E-state index is 9.54. The molecule has 1 saturated carbocycles. The Morgan fingerprint density at radius 1 is 1.35 bits per heavy atom. The summed E-state index contributed by atoms with van der Waals surface area (Å²) < 4.78 is 0. The highest BCUT2D eigenvalue weighted by atomic mass is 35.5. The van der Waals surface area contributed by atoms with Crippen molar-refractivity contribution in [2.45, 2.75) is 49.9 Å². The van der Waals surface area contributed by atoms with E-state index in [0.717, 1.165) is 29.4 Å². The molecule has 0 radical (unpaired) electrons. The molecule has 4 heteroatoms. The molecule has 0 amide bonds. The van der Waals surface area contributed by atoms with Gasteiger partial charge in [-0.25, -0.2) is 0 Å². The van der Waals surface area contributed by atoms with Gasteiger partial charge in [-0.15, -0.1) is 0 Å². The molecule has 2 N–H and O–H groups in total. The van der Waals surface area contributed by atoms with Gasteiger partial charge < -0.3 is 10.4 Å². The van der Waals surface area contributed by atoms with Crippen molar-refractivity contribution in [1.82, 2.24) is 5.32 Å². The topological polar surface area (TPSA) is 32.3 Å². The van der Waals surface area contributed by atoms with Crippen LogP contribution >= 0.6 is 23.4 Å². The Balaban J connectivity index is 1.61. The maximum Gasteiger partial charge on any atom is 0.0610 e. The highest BCUT2D eigenvalue weighted by molar-refractivity contribution is 7.98. The van der Waals surface area contributed by atoms with Crippen LogP contribution in [0.25, 0.3) is 0 Å². The maximum atomic E-state index is 9.54. The van der Waals surface area contributed by atoms with Gasteiger partial charge >= 0.3 is 0 Å². The van der Waals surface area contributed by atoms with E-state index in [4.69, 9.17) is 11.6 Å². The minimum Gasteiger partial charge on any atom is -0.394 e. The molecular formula is C16H24ClNOS. The Kier molecular flexibility index (Phi) is 6.21. The van der Waals surface area contributed by atoms with Gasteiger partial charge in [0.2, 0.25) is 0 Å². The van der Waals surface area contributed by atoms with Crippen LogP contribution in [0.3, 0.4) is 0 Å². The second-order valence-corrected chi connectivity index (χ2v) is 7.46. The minimum absolute atomic E-state index is 0.0952. The van der Waals surface area contributed by atoms with E-state index in [1.165, 1.54) is 18.4 Å². The van der Waals surface area contributed by atoms with Crippen LogP contribution in [0, 0.1) is 0 Å². The summed E-state index contributed by atoms with van der Waals surface area (Å²) in [5.41, 5.74) is 1.22. The van der Waals surface area contributed by atoms with Crippen molar-refractivity contribution >= 4 is 23.4 Å². The van der Waals surface area contributed by atoms with Crippen LogP contribution in [0.1, 0.15) is 38.2 Å². The fraction of sp³-hybridized carbons (Fsp3) is 0.625. The molecule has 1 aliphatic rings. The first-order chi connectivity index (χ1) is 9.61. The molecule has 1 aliphatic carbocycles. The fourth-order valence-electron chi connectivity index (χ4n) is 2.25. The third-order valence-corrected chi connectivity index (χ3v) is 5.04. The van der Waals surface area contributed by atoms with Gasteiger partial charge in [0.25, 0.3) is 0 Å². The van der Waals surface area contributed by atoms with Gasteiger partial charge in [-0.1, -0.05) is 23.7 Å². The van der Waals surface area contributed by atoms with Crippen molar-refractivity contribution in [1.29, 1.82) is 0 Å². The Morgan fingerprint density at radius 2 is 2.05 bits per heavy atom. The predicted molar refractivity (Wildman–Crippen MR) is 88.5 cm³/mol. The summed E-state index contributed by atoms with van der Waals surface area (Å²) in [5.74, 6) is 2.16. The van der Waals surface area contributed by atoms with Crippen LogP contribution in [0.5, 0.6) is 0 Å². The van der Waals surface area contributed by atoms with Crippen molar-refractivity contribution in [2.75, 3.05) is 12.4 Å². The summed E-state index contributed by atoms with van der Waals surface area (Å²) >= 11 is 7.82. The second kappa shape index (κ2) is 7.69. The Bertz CT molecular complexity index is 407. The van der Waals surface area contributed by atoms with E-state index >= 15 is 0 Å². The van der Waals surface area contributed by atoms with E-state index in [2.05, 4.69) is 24.4 Å². The number of aliphatic hydroxyl groups is 1. The SMILES string of the molecule is CC(CO)(CCCSCc1ccc(Cl)cc1)NC1CC1. The van der Waals surface area contributed by atoms with E-state index in [1.54, 1.807) is 0 Å². The molecule has 112 valence electrons. The average molecular weight is 314 g/mol. The zero-order valence-corrected chi connectivity index (χ0v) is 13.6. The lowest BCUT2D eigenvalue weighted by Gasteiger charge is -2.29. The number of halogens is 1. The molecule has 1 aromatic rings. The average Bonchev–Trinajstić information content (AvgIpc) is 3.24. The molecule has 0 aliphatic heterocycles. The van der Waals surface area contributed by atoms with Crippen LogP contribution in [0.15, 0.2) is 24.3 Å². The van der Waals surface area contributed by atoms with Crippen LogP contribution in [-0.2, 0) is 5.75 Å². The monoisotopic (exact) mass is 313 g/mol. The lowest BCUT2D eigenvalue weighted by atomic mass is 9.97. The van der Waals surface area contributed by atoms with Crippen molar-refractivity contribution < 1.29 is 5.11 Å². The van der Waals surface area contributed by atoms with Crippen LogP contribution < -0.4 is 5.32 Å². The second-order valence-electron chi connectivity index (χ2n) is 5.92. The van der Waals surface area contributed by atoms with Crippen molar-refractivity contribution in [3.05, 3.63) is 34.9 Å². The van der Waals surface area contributed by atoms with E-state index in [1.807, 2.05) is 23.9 Å². The molecule has 20 heavy (non-hydrogen) atoms. The van der Waals surface area contributed by atoms with E-state index in [9.17, 15) is 5.11 Å². The Hall–Kier alpha value is -0.220. The fourth-order valence-corrected chi connectivity index (χ4v) is 3.30. The van der Waals surface area contributed by atoms with Crippen LogP contribution in [0.4, 0.5) is 0 Å².